The molecule has 1 aromatic carbocycles. The molecule has 0 saturated heterocycles. The van der Waals surface area contributed by atoms with Crippen molar-refractivity contribution in [2.24, 2.45) is 0 Å². The Balaban J connectivity index is 2.82. The van der Waals surface area contributed by atoms with Crippen molar-refractivity contribution in [3.8, 4) is 5.75 Å². The third kappa shape index (κ3) is 4.27. The number of ether oxygens (including phenoxy) is 1. The third-order valence-electron chi connectivity index (χ3n) is 1.87. The number of nitrogens with one attached hydrogen (secondary N) is 1. The molecule has 1 aromatic rings. The Morgan fingerprint density at radius 1 is 1.24 bits per heavy atom. The molecule has 0 aromatic heterocycles. The summed E-state index contributed by atoms with van der Waals surface area (Å²) in [4.78, 5) is -0.238. The van der Waals surface area contributed by atoms with E-state index in [-0.39, 0.29) is 4.90 Å². The van der Waals surface area contributed by atoms with E-state index in [1.54, 1.807) is 0 Å². The first kappa shape index (κ1) is 13.8. The summed E-state index contributed by atoms with van der Waals surface area (Å²) >= 11 is 0. The highest BCUT2D eigenvalue weighted by atomic mass is 32.2. The number of rotatable bonds is 5. The van der Waals surface area contributed by atoms with Crippen molar-refractivity contribution in [2.45, 2.75) is 4.90 Å². The van der Waals surface area contributed by atoms with E-state index in [2.05, 4.69) is 0 Å². The highest BCUT2D eigenvalue weighted by Gasteiger charge is 2.26. The van der Waals surface area contributed by atoms with Crippen LogP contribution in [0.4, 0.5) is 12.9 Å². The van der Waals surface area contributed by atoms with Crippen molar-refractivity contribution in [1.82, 2.24) is 4.72 Å². The summed E-state index contributed by atoms with van der Waals surface area (Å²) in [6, 6.07) is 5.05. The fourth-order valence-corrected chi connectivity index (χ4v) is 2.11. The van der Waals surface area contributed by atoms with Crippen LogP contribution in [0.1, 0.15) is 0 Å². The molecule has 9 heteroatoms. The summed E-state index contributed by atoms with van der Waals surface area (Å²) in [7, 11) is -2.73. The number of sulfonamides is 1. The first-order valence-electron chi connectivity index (χ1n) is 4.59. The van der Waals surface area contributed by atoms with E-state index in [9.17, 15) is 21.4 Å². The van der Waals surface area contributed by atoms with Crippen molar-refractivity contribution < 1.29 is 26.1 Å². The standard InChI is InChI=1S/C8H10BF3NO3S/c1-16-7-2-4-8(5-3-7)17(14,15)13-6-9(10,11)12/h2-5,13H,6H2,1H3/q-1. The molecular weight excluding hydrogens is 258 g/mol. The zero-order valence-corrected chi connectivity index (χ0v) is 9.68. The van der Waals surface area contributed by atoms with Gasteiger partial charge in [-0.05, 0) is 30.7 Å². The molecule has 17 heavy (non-hydrogen) atoms. The highest BCUT2D eigenvalue weighted by molar-refractivity contribution is 7.89. The fourth-order valence-electron chi connectivity index (χ4n) is 1.04. The van der Waals surface area contributed by atoms with E-state index in [1.807, 2.05) is 0 Å². The maximum Gasteiger partial charge on any atom is 0.492 e. The number of methoxy groups -OCH3 is 1. The molecular formula is C8H10BF3NO3S-. The average molecular weight is 268 g/mol. The predicted molar refractivity (Wildman–Crippen MR) is 57.3 cm³/mol. The Labute approximate surface area is 96.9 Å². The molecule has 0 aliphatic carbocycles. The molecule has 0 bridgehead atoms. The fraction of sp³-hybridized carbons (Fsp3) is 0.250. The van der Waals surface area contributed by atoms with Crippen LogP contribution in [0.15, 0.2) is 29.2 Å². The SMILES string of the molecule is COc1ccc(S(=O)(=O)NC[B-](F)(F)F)cc1. The molecule has 0 heterocycles. The van der Waals surface area contributed by atoms with Crippen molar-refractivity contribution in [1.29, 1.82) is 0 Å². The van der Waals surface area contributed by atoms with Gasteiger partial charge < -0.3 is 17.7 Å². The van der Waals surface area contributed by atoms with Gasteiger partial charge in [-0.3, -0.25) is 0 Å². The Morgan fingerprint density at radius 3 is 2.18 bits per heavy atom. The lowest BCUT2D eigenvalue weighted by atomic mass is 9.93. The summed E-state index contributed by atoms with van der Waals surface area (Å²) in [5, 5.41) is 0. The van der Waals surface area contributed by atoms with Gasteiger partial charge in [0, 0.05) is 0 Å². The lowest BCUT2D eigenvalue weighted by Crippen LogP contribution is -2.37. The molecule has 0 aliphatic heterocycles. The second kappa shape index (κ2) is 4.97. The second-order valence-corrected chi connectivity index (χ2v) is 5.00. The van der Waals surface area contributed by atoms with Gasteiger partial charge in [0.2, 0.25) is 10.0 Å². The highest BCUT2D eigenvalue weighted by Crippen LogP contribution is 2.16. The van der Waals surface area contributed by atoms with E-state index < -0.39 is 23.4 Å². The van der Waals surface area contributed by atoms with E-state index >= 15 is 0 Å². The summed E-state index contributed by atoms with van der Waals surface area (Å²) in [5.74, 6) is 0.420. The molecule has 0 unspecified atom stereocenters. The predicted octanol–water partition coefficient (Wildman–Crippen LogP) is 1.36. The molecule has 0 atom stereocenters. The first-order chi connectivity index (χ1) is 7.74. The summed E-state index contributed by atoms with van der Waals surface area (Å²) in [6.45, 7) is -5.19. The molecule has 0 aliphatic rings. The average Bonchev–Trinajstić information content (AvgIpc) is 2.26. The van der Waals surface area contributed by atoms with E-state index in [4.69, 9.17) is 4.74 Å². The molecule has 96 valence electrons. The third-order valence-corrected chi connectivity index (χ3v) is 3.31. The van der Waals surface area contributed by atoms with Gasteiger partial charge in [-0.15, -0.1) is 0 Å². The van der Waals surface area contributed by atoms with E-state index in [1.165, 1.54) is 36.1 Å². The zero-order chi connectivity index (χ0) is 13.1. The van der Waals surface area contributed by atoms with Crippen LogP contribution in [0.2, 0.25) is 0 Å². The van der Waals surface area contributed by atoms with Crippen LogP contribution < -0.4 is 9.46 Å². The Hall–Kier alpha value is -1.22. The first-order valence-corrected chi connectivity index (χ1v) is 6.07. The van der Waals surface area contributed by atoms with Crippen LogP contribution in [-0.4, -0.2) is 28.9 Å². The Bertz CT molecular complexity index is 472. The molecule has 1 rings (SSSR count). The Morgan fingerprint density at radius 2 is 1.76 bits per heavy atom. The van der Waals surface area contributed by atoms with Crippen LogP contribution in [0.5, 0.6) is 5.75 Å². The molecule has 0 fully saturated rings. The number of benzene rings is 1. The monoisotopic (exact) mass is 268 g/mol. The lowest BCUT2D eigenvalue weighted by molar-refractivity contribution is 0.414. The number of halogens is 3. The molecule has 0 radical (unpaired) electrons. The van der Waals surface area contributed by atoms with Gasteiger partial charge in [0.25, 0.3) is 0 Å². The van der Waals surface area contributed by atoms with Crippen LogP contribution in [0.25, 0.3) is 0 Å². The summed E-state index contributed by atoms with van der Waals surface area (Å²) in [6.07, 6.45) is -1.53. The zero-order valence-electron chi connectivity index (χ0n) is 8.86. The molecule has 0 saturated carbocycles. The van der Waals surface area contributed by atoms with E-state index in [0.29, 0.717) is 5.75 Å². The van der Waals surface area contributed by atoms with Gasteiger partial charge in [0.05, 0.1) is 12.0 Å². The maximum atomic E-state index is 11.9. The van der Waals surface area contributed by atoms with Gasteiger partial charge >= 0.3 is 6.98 Å². The van der Waals surface area contributed by atoms with Crippen LogP contribution >= 0.6 is 0 Å². The van der Waals surface area contributed by atoms with E-state index in [0.717, 1.165) is 0 Å². The number of hydrogen-bond acceptors (Lipinski definition) is 3. The molecule has 4 nitrogen and oxygen atoms in total. The minimum Gasteiger partial charge on any atom is -0.497 e. The second-order valence-electron chi connectivity index (χ2n) is 3.24. The van der Waals surface area contributed by atoms with Crippen molar-refractivity contribution in [3.05, 3.63) is 24.3 Å². The van der Waals surface area contributed by atoms with Crippen molar-refractivity contribution in [2.75, 3.05) is 13.6 Å². The molecule has 1 N–H and O–H groups in total. The van der Waals surface area contributed by atoms with Gasteiger partial charge in [0.1, 0.15) is 5.75 Å². The topological polar surface area (TPSA) is 55.4 Å². The Kier molecular flexibility index (Phi) is 4.05. The minimum atomic E-state index is -5.19. The molecule has 0 spiro atoms. The number of hydrogen-bond donors (Lipinski definition) is 1. The van der Waals surface area contributed by atoms with Crippen LogP contribution in [-0.2, 0) is 10.0 Å². The van der Waals surface area contributed by atoms with Crippen molar-refractivity contribution in [3.63, 3.8) is 0 Å². The van der Waals surface area contributed by atoms with Gasteiger partial charge in [0.15, 0.2) is 0 Å². The quantitative estimate of drug-likeness (QED) is 0.820. The van der Waals surface area contributed by atoms with Crippen LogP contribution in [0.3, 0.4) is 0 Å². The van der Waals surface area contributed by atoms with Gasteiger partial charge in [-0.2, -0.15) is 0 Å². The van der Waals surface area contributed by atoms with Crippen LogP contribution in [0, 0.1) is 0 Å². The largest absolute Gasteiger partial charge is 0.497 e. The molecule has 0 amide bonds. The normalized spacial score (nSPS) is 12.5. The smallest absolute Gasteiger partial charge is 0.492 e. The summed E-state index contributed by atoms with van der Waals surface area (Å²) < 4.78 is 65.0. The van der Waals surface area contributed by atoms with Gasteiger partial charge in [-0.25, -0.2) is 13.1 Å². The minimum absolute atomic E-state index is 0.238. The van der Waals surface area contributed by atoms with Gasteiger partial charge in [-0.1, -0.05) is 0 Å². The lowest BCUT2D eigenvalue weighted by Gasteiger charge is -2.14. The summed E-state index contributed by atoms with van der Waals surface area (Å²) in [5.41, 5.74) is 0. The maximum absolute atomic E-state index is 11.9. The van der Waals surface area contributed by atoms with Crippen molar-refractivity contribution >= 4 is 17.0 Å².